The Morgan fingerprint density at radius 2 is 1.85 bits per heavy atom. The Balaban J connectivity index is 2.79. The number of carbonyl (C=O) groups is 2. The Hall–Kier alpha value is -1.43. The molecular weight excluding hydrogens is 327 g/mol. The number of nitrogens with zero attached hydrogens (tertiary/aromatic N) is 2. The van der Waals surface area contributed by atoms with E-state index in [4.69, 9.17) is 0 Å². The molecule has 0 unspecified atom stereocenters. The van der Waals surface area contributed by atoms with Crippen LogP contribution in [-0.2, 0) is 4.79 Å². The summed E-state index contributed by atoms with van der Waals surface area (Å²) in [5, 5.41) is 0. The van der Waals surface area contributed by atoms with E-state index in [1.165, 1.54) is 23.1 Å². The van der Waals surface area contributed by atoms with Gasteiger partial charge in [-0.3, -0.25) is 9.59 Å². The minimum absolute atomic E-state index is 0.00430. The summed E-state index contributed by atoms with van der Waals surface area (Å²) >= 11 is 3.16. The first-order chi connectivity index (χ1) is 9.40. The molecule has 0 saturated carbocycles. The first kappa shape index (κ1) is 16.6. The third-order valence-electron chi connectivity index (χ3n) is 3.00. The maximum atomic E-state index is 13.0. The standard InChI is InChI=1S/C14H18BrFN2O2/c1-4-18(5-2)13(19)9-17(3)14(20)11-7-6-10(16)8-12(11)15/h6-8H,4-5,9H2,1-3H3. The average molecular weight is 345 g/mol. The summed E-state index contributed by atoms with van der Waals surface area (Å²) in [4.78, 5) is 27.2. The lowest BCUT2D eigenvalue weighted by atomic mass is 10.2. The van der Waals surface area contributed by atoms with Crippen molar-refractivity contribution >= 4 is 27.7 Å². The van der Waals surface area contributed by atoms with Gasteiger partial charge in [-0.15, -0.1) is 0 Å². The third-order valence-corrected chi connectivity index (χ3v) is 3.65. The van der Waals surface area contributed by atoms with Crippen molar-refractivity contribution in [3.8, 4) is 0 Å². The molecule has 0 spiro atoms. The van der Waals surface area contributed by atoms with Gasteiger partial charge in [-0.2, -0.15) is 0 Å². The normalized spacial score (nSPS) is 10.2. The fourth-order valence-corrected chi connectivity index (χ4v) is 2.34. The summed E-state index contributed by atoms with van der Waals surface area (Å²) in [6.45, 7) is 5.00. The number of carbonyl (C=O) groups excluding carboxylic acids is 2. The summed E-state index contributed by atoms with van der Waals surface area (Å²) in [6, 6.07) is 3.85. The van der Waals surface area contributed by atoms with E-state index in [0.29, 0.717) is 23.1 Å². The van der Waals surface area contributed by atoms with Crippen molar-refractivity contribution in [2.45, 2.75) is 13.8 Å². The van der Waals surface area contributed by atoms with Crippen LogP contribution in [0.5, 0.6) is 0 Å². The zero-order valence-electron chi connectivity index (χ0n) is 11.8. The molecule has 0 atom stereocenters. The van der Waals surface area contributed by atoms with Gasteiger partial charge in [0.25, 0.3) is 5.91 Å². The van der Waals surface area contributed by atoms with Crippen LogP contribution in [0.4, 0.5) is 4.39 Å². The van der Waals surface area contributed by atoms with E-state index >= 15 is 0 Å². The maximum Gasteiger partial charge on any atom is 0.255 e. The molecule has 0 N–H and O–H groups in total. The minimum atomic E-state index is -0.421. The molecule has 2 amide bonds. The van der Waals surface area contributed by atoms with Gasteiger partial charge in [0.15, 0.2) is 0 Å². The van der Waals surface area contributed by atoms with Crippen molar-refractivity contribution in [1.29, 1.82) is 0 Å². The maximum absolute atomic E-state index is 13.0. The molecule has 20 heavy (non-hydrogen) atoms. The van der Waals surface area contributed by atoms with Crippen LogP contribution in [0, 0.1) is 5.82 Å². The lowest BCUT2D eigenvalue weighted by Gasteiger charge is -2.23. The Bertz CT molecular complexity index is 504. The van der Waals surface area contributed by atoms with Gasteiger partial charge in [-0.05, 0) is 48.0 Å². The quantitative estimate of drug-likeness (QED) is 0.823. The van der Waals surface area contributed by atoms with Crippen LogP contribution < -0.4 is 0 Å². The second-order valence-electron chi connectivity index (χ2n) is 4.35. The summed E-state index contributed by atoms with van der Waals surface area (Å²) in [5.74, 6) is -0.850. The predicted octanol–water partition coefficient (Wildman–Crippen LogP) is 2.53. The second-order valence-corrected chi connectivity index (χ2v) is 5.21. The van der Waals surface area contributed by atoms with Crippen LogP contribution >= 0.6 is 15.9 Å². The molecule has 4 nitrogen and oxygen atoms in total. The molecule has 6 heteroatoms. The molecule has 0 aliphatic carbocycles. The van der Waals surface area contributed by atoms with E-state index in [1.54, 1.807) is 11.9 Å². The molecule has 0 radical (unpaired) electrons. The highest BCUT2D eigenvalue weighted by Gasteiger charge is 2.19. The molecule has 0 aliphatic heterocycles. The summed E-state index contributed by atoms with van der Waals surface area (Å²) in [5.41, 5.74) is 0.334. The molecule has 1 rings (SSSR count). The number of likely N-dealkylation sites (N-methyl/N-ethyl adjacent to an activating group) is 2. The Morgan fingerprint density at radius 1 is 1.25 bits per heavy atom. The zero-order chi connectivity index (χ0) is 15.3. The van der Waals surface area contributed by atoms with E-state index in [-0.39, 0.29) is 18.4 Å². The van der Waals surface area contributed by atoms with Gasteiger partial charge in [0.05, 0.1) is 12.1 Å². The SMILES string of the molecule is CCN(CC)C(=O)CN(C)C(=O)c1ccc(F)cc1Br. The molecule has 0 aromatic heterocycles. The highest BCUT2D eigenvalue weighted by molar-refractivity contribution is 9.10. The van der Waals surface area contributed by atoms with Gasteiger partial charge in [0.1, 0.15) is 5.82 Å². The number of hydrogen-bond acceptors (Lipinski definition) is 2. The van der Waals surface area contributed by atoms with E-state index < -0.39 is 5.82 Å². The molecule has 1 aromatic rings. The monoisotopic (exact) mass is 344 g/mol. The zero-order valence-corrected chi connectivity index (χ0v) is 13.4. The Kier molecular flexibility index (Phi) is 6.13. The molecular formula is C14H18BrFN2O2. The smallest absolute Gasteiger partial charge is 0.255 e. The molecule has 110 valence electrons. The Labute approximate surface area is 126 Å². The van der Waals surface area contributed by atoms with Crippen molar-refractivity contribution in [3.05, 3.63) is 34.1 Å². The van der Waals surface area contributed by atoms with E-state index in [9.17, 15) is 14.0 Å². The van der Waals surface area contributed by atoms with Crippen molar-refractivity contribution in [3.63, 3.8) is 0 Å². The third kappa shape index (κ3) is 4.03. The van der Waals surface area contributed by atoms with Crippen molar-refractivity contribution < 1.29 is 14.0 Å². The topological polar surface area (TPSA) is 40.6 Å². The second kappa shape index (κ2) is 7.38. The van der Waals surface area contributed by atoms with Gasteiger partial charge in [0.2, 0.25) is 5.91 Å². The molecule has 0 fully saturated rings. The summed E-state index contributed by atoms with van der Waals surface area (Å²) < 4.78 is 13.4. The summed E-state index contributed by atoms with van der Waals surface area (Å²) in [6.07, 6.45) is 0. The van der Waals surface area contributed by atoms with Crippen LogP contribution in [-0.4, -0.2) is 48.3 Å². The number of halogens is 2. The van der Waals surface area contributed by atoms with Crippen LogP contribution in [0.15, 0.2) is 22.7 Å². The number of amides is 2. The highest BCUT2D eigenvalue weighted by Crippen LogP contribution is 2.19. The lowest BCUT2D eigenvalue weighted by molar-refractivity contribution is -0.131. The fraction of sp³-hybridized carbons (Fsp3) is 0.429. The van der Waals surface area contributed by atoms with Gasteiger partial charge in [-0.1, -0.05) is 0 Å². The first-order valence-corrected chi connectivity index (χ1v) is 7.18. The first-order valence-electron chi connectivity index (χ1n) is 6.39. The Morgan fingerprint density at radius 3 is 2.35 bits per heavy atom. The highest BCUT2D eigenvalue weighted by atomic mass is 79.9. The molecule has 1 aromatic carbocycles. The summed E-state index contributed by atoms with van der Waals surface area (Å²) in [7, 11) is 1.56. The molecule has 0 heterocycles. The van der Waals surface area contributed by atoms with Gasteiger partial charge in [-0.25, -0.2) is 4.39 Å². The van der Waals surface area contributed by atoms with E-state index in [2.05, 4.69) is 15.9 Å². The number of hydrogen-bond donors (Lipinski definition) is 0. The predicted molar refractivity (Wildman–Crippen MR) is 79.0 cm³/mol. The van der Waals surface area contributed by atoms with E-state index in [0.717, 1.165) is 0 Å². The average Bonchev–Trinajstić information content (AvgIpc) is 2.39. The molecule has 0 saturated heterocycles. The van der Waals surface area contributed by atoms with Gasteiger partial charge >= 0.3 is 0 Å². The van der Waals surface area contributed by atoms with Crippen molar-refractivity contribution in [2.24, 2.45) is 0 Å². The lowest BCUT2D eigenvalue weighted by Crippen LogP contribution is -2.41. The van der Waals surface area contributed by atoms with Gasteiger partial charge < -0.3 is 9.80 Å². The minimum Gasteiger partial charge on any atom is -0.342 e. The van der Waals surface area contributed by atoms with Gasteiger partial charge in [0, 0.05) is 24.6 Å². The molecule has 0 aliphatic rings. The van der Waals surface area contributed by atoms with Crippen LogP contribution in [0.3, 0.4) is 0 Å². The van der Waals surface area contributed by atoms with Crippen molar-refractivity contribution in [2.75, 3.05) is 26.7 Å². The number of benzene rings is 1. The van der Waals surface area contributed by atoms with Crippen LogP contribution in [0.1, 0.15) is 24.2 Å². The van der Waals surface area contributed by atoms with Crippen LogP contribution in [0.25, 0.3) is 0 Å². The fourth-order valence-electron chi connectivity index (χ4n) is 1.82. The molecule has 0 bridgehead atoms. The van der Waals surface area contributed by atoms with Crippen molar-refractivity contribution in [1.82, 2.24) is 9.80 Å². The largest absolute Gasteiger partial charge is 0.342 e. The van der Waals surface area contributed by atoms with Crippen LogP contribution in [0.2, 0.25) is 0 Å². The number of rotatable bonds is 5. The van der Waals surface area contributed by atoms with E-state index in [1.807, 2.05) is 13.8 Å².